The summed E-state index contributed by atoms with van der Waals surface area (Å²) in [6, 6.07) is 6.82. The Morgan fingerprint density at radius 2 is 1.59 bits per heavy atom. The standard InChI is InChI=1S/C12H9ClO4/c13-9-6-4-8(5-7-9)2-1-3-10(11(14)15)12(16)17/h1-7H,(H,14,15)(H,16,17)/b2-1+. The van der Waals surface area contributed by atoms with Crippen molar-refractivity contribution in [1.29, 1.82) is 0 Å². The predicted molar refractivity (Wildman–Crippen MR) is 63.8 cm³/mol. The molecular formula is C12H9ClO4. The van der Waals surface area contributed by atoms with Crippen LogP contribution in [-0.4, -0.2) is 22.2 Å². The molecule has 0 aliphatic rings. The molecule has 0 aliphatic carbocycles. The highest BCUT2D eigenvalue weighted by atomic mass is 35.5. The number of carboxylic acids is 2. The fraction of sp³-hybridized carbons (Fsp3) is 0. The van der Waals surface area contributed by atoms with E-state index in [1.165, 1.54) is 6.08 Å². The third kappa shape index (κ3) is 4.12. The van der Waals surface area contributed by atoms with Gasteiger partial charge in [0.1, 0.15) is 5.57 Å². The second-order valence-electron chi connectivity index (χ2n) is 3.10. The van der Waals surface area contributed by atoms with Crippen molar-refractivity contribution in [3.8, 4) is 0 Å². The minimum Gasteiger partial charge on any atom is -0.477 e. The second-order valence-corrected chi connectivity index (χ2v) is 3.54. The molecule has 0 fully saturated rings. The average molecular weight is 253 g/mol. The summed E-state index contributed by atoms with van der Waals surface area (Å²) in [5.74, 6) is -2.95. The van der Waals surface area contributed by atoms with Crippen molar-refractivity contribution in [1.82, 2.24) is 0 Å². The summed E-state index contributed by atoms with van der Waals surface area (Å²) in [5, 5.41) is 17.7. The van der Waals surface area contributed by atoms with Gasteiger partial charge in [0.2, 0.25) is 0 Å². The first-order valence-electron chi connectivity index (χ1n) is 4.61. The predicted octanol–water partition coefficient (Wildman–Crippen LogP) is 2.45. The molecule has 0 bridgehead atoms. The lowest BCUT2D eigenvalue weighted by atomic mass is 10.2. The Balaban J connectivity index is 2.84. The first kappa shape index (κ1) is 13.0. The Bertz CT molecular complexity index is 470. The van der Waals surface area contributed by atoms with Crippen LogP contribution < -0.4 is 0 Å². The van der Waals surface area contributed by atoms with Gasteiger partial charge in [0, 0.05) is 5.02 Å². The van der Waals surface area contributed by atoms with Gasteiger partial charge in [-0.25, -0.2) is 9.59 Å². The molecule has 2 N–H and O–H groups in total. The third-order valence-electron chi connectivity index (χ3n) is 1.88. The maximum atomic E-state index is 10.5. The number of benzene rings is 1. The number of hydrogen-bond acceptors (Lipinski definition) is 2. The Morgan fingerprint density at radius 3 is 2.06 bits per heavy atom. The SMILES string of the molecule is O=C(O)C(=C/C=C/c1ccc(Cl)cc1)C(=O)O. The summed E-state index contributed by atoms with van der Waals surface area (Å²) in [6.45, 7) is 0. The largest absolute Gasteiger partial charge is 0.477 e. The molecule has 4 nitrogen and oxygen atoms in total. The topological polar surface area (TPSA) is 74.6 Å². The molecule has 0 heterocycles. The van der Waals surface area contributed by atoms with Gasteiger partial charge in [-0.05, 0) is 23.8 Å². The van der Waals surface area contributed by atoms with E-state index in [1.807, 2.05) is 0 Å². The Morgan fingerprint density at radius 1 is 1.06 bits per heavy atom. The van der Waals surface area contributed by atoms with Gasteiger partial charge >= 0.3 is 11.9 Å². The zero-order valence-electron chi connectivity index (χ0n) is 8.63. The van der Waals surface area contributed by atoms with Crippen molar-refractivity contribution in [3.05, 3.63) is 52.6 Å². The van der Waals surface area contributed by atoms with Crippen molar-refractivity contribution in [2.24, 2.45) is 0 Å². The molecule has 0 aromatic heterocycles. The lowest BCUT2D eigenvalue weighted by Gasteiger charge is -1.93. The number of aliphatic carboxylic acids is 2. The molecule has 1 aromatic carbocycles. The highest BCUT2D eigenvalue weighted by Gasteiger charge is 2.13. The summed E-state index contributed by atoms with van der Waals surface area (Å²) in [5.41, 5.74) is 0.107. The molecule has 0 amide bonds. The van der Waals surface area contributed by atoms with Gasteiger partial charge < -0.3 is 10.2 Å². The molecule has 0 atom stereocenters. The van der Waals surface area contributed by atoms with Gasteiger partial charge in [0.25, 0.3) is 0 Å². The van der Waals surface area contributed by atoms with Gasteiger partial charge in [-0.3, -0.25) is 0 Å². The highest BCUT2D eigenvalue weighted by Crippen LogP contribution is 2.10. The average Bonchev–Trinajstić information content (AvgIpc) is 2.25. The van der Waals surface area contributed by atoms with Gasteiger partial charge in [-0.1, -0.05) is 35.9 Å². The number of carbonyl (C=O) groups is 2. The third-order valence-corrected chi connectivity index (χ3v) is 2.13. The van der Waals surface area contributed by atoms with E-state index in [9.17, 15) is 9.59 Å². The number of hydrogen-bond donors (Lipinski definition) is 2. The normalized spacial score (nSPS) is 10.2. The Labute approximate surface area is 102 Å². The molecule has 1 aromatic rings. The maximum Gasteiger partial charge on any atom is 0.343 e. The summed E-state index contributed by atoms with van der Waals surface area (Å²) >= 11 is 5.69. The maximum absolute atomic E-state index is 10.5. The van der Waals surface area contributed by atoms with Crippen LogP contribution in [0.1, 0.15) is 5.56 Å². The number of rotatable bonds is 4. The molecule has 0 unspecified atom stereocenters. The zero-order valence-corrected chi connectivity index (χ0v) is 9.39. The molecule has 88 valence electrons. The van der Waals surface area contributed by atoms with E-state index in [1.54, 1.807) is 30.3 Å². The lowest BCUT2D eigenvalue weighted by Crippen LogP contribution is -2.10. The number of halogens is 1. The fourth-order valence-electron chi connectivity index (χ4n) is 1.06. The molecule has 0 radical (unpaired) electrons. The molecule has 1 rings (SSSR count). The number of allylic oxidation sites excluding steroid dienone is 2. The lowest BCUT2D eigenvalue weighted by molar-refractivity contribution is -0.140. The van der Waals surface area contributed by atoms with Crippen molar-refractivity contribution in [2.75, 3.05) is 0 Å². The quantitative estimate of drug-likeness (QED) is 0.374. The van der Waals surface area contributed by atoms with E-state index in [0.717, 1.165) is 11.6 Å². The van der Waals surface area contributed by atoms with E-state index >= 15 is 0 Å². The molecule has 5 heteroatoms. The molecule has 0 saturated heterocycles. The van der Waals surface area contributed by atoms with Gasteiger partial charge in [-0.2, -0.15) is 0 Å². The fourth-order valence-corrected chi connectivity index (χ4v) is 1.19. The Hall–Kier alpha value is -2.07. The molecule has 17 heavy (non-hydrogen) atoms. The van der Waals surface area contributed by atoms with Crippen molar-refractivity contribution in [3.63, 3.8) is 0 Å². The molecule has 0 saturated carbocycles. The summed E-state index contributed by atoms with van der Waals surface area (Å²) < 4.78 is 0. The van der Waals surface area contributed by atoms with Crippen LogP contribution in [-0.2, 0) is 9.59 Å². The van der Waals surface area contributed by atoms with E-state index < -0.39 is 17.5 Å². The molecular weight excluding hydrogens is 244 g/mol. The van der Waals surface area contributed by atoms with Gasteiger partial charge in [-0.15, -0.1) is 0 Å². The van der Waals surface area contributed by atoms with Crippen molar-refractivity contribution >= 4 is 29.6 Å². The minimum absolute atomic E-state index is 0.592. The van der Waals surface area contributed by atoms with Crippen LogP contribution in [0.5, 0.6) is 0 Å². The van der Waals surface area contributed by atoms with E-state index in [-0.39, 0.29) is 0 Å². The van der Waals surface area contributed by atoms with Crippen LogP contribution in [0.25, 0.3) is 6.08 Å². The van der Waals surface area contributed by atoms with Crippen LogP contribution in [0.2, 0.25) is 5.02 Å². The highest BCUT2D eigenvalue weighted by molar-refractivity contribution is 6.30. The van der Waals surface area contributed by atoms with Crippen LogP contribution in [0, 0.1) is 0 Å². The summed E-state index contributed by atoms with van der Waals surface area (Å²) in [4.78, 5) is 21.1. The smallest absolute Gasteiger partial charge is 0.343 e. The first-order chi connectivity index (χ1) is 8.00. The second kappa shape index (κ2) is 5.86. The van der Waals surface area contributed by atoms with Gasteiger partial charge in [0.05, 0.1) is 0 Å². The first-order valence-corrected chi connectivity index (χ1v) is 4.99. The molecule has 0 aliphatic heterocycles. The van der Waals surface area contributed by atoms with Crippen LogP contribution in [0.4, 0.5) is 0 Å². The minimum atomic E-state index is -1.47. The van der Waals surface area contributed by atoms with Gasteiger partial charge in [0.15, 0.2) is 0 Å². The van der Waals surface area contributed by atoms with E-state index in [4.69, 9.17) is 21.8 Å². The summed E-state index contributed by atoms with van der Waals surface area (Å²) in [7, 11) is 0. The van der Waals surface area contributed by atoms with Crippen molar-refractivity contribution < 1.29 is 19.8 Å². The van der Waals surface area contributed by atoms with Crippen molar-refractivity contribution in [2.45, 2.75) is 0 Å². The monoisotopic (exact) mass is 252 g/mol. The Kier molecular flexibility index (Phi) is 4.48. The zero-order chi connectivity index (χ0) is 12.8. The van der Waals surface area contributed by atoms with E-state index in [0.29, 0.717) is 5.02 Å². The van der Waals surface area contributed by atoms with Crippen LogP contribution in [0.15, 0.2) is 42.0 Å². The number of carboxylic acid groups (broad SMARTS) is 2. The summed E-state index contributed by atoms with van der Waals surface area (Å²) in [6.07, 6.45) is 3.97. The van der Waals surface area contributed by atoms with E-state index in [2.05, 4.69) is 0 Å². The molecule has 0 spiro atoms. The van der Waals surface area contributed by atoms with Crippen LogP contribution >= 0.6 is 11.6 Å². The van der Waals surface area contributed by atoms with Crippen LogP contribution in [0.3, 0.4) is 0 Å².